The fourth-order valence-electron chi connectivity index (χ4n) is 1.65. The minimum Gasteiger partial charge on any atom is -0.282 e. The van der Waals surface area contributed by atoms with Crippen LogP contribution in [-0.2, 0) is 9.59 Å². The molecular weight excluding hydrogens is 204 g/mol. The Morgan fingerprint density at radius 2 is 1.81 bits per heavy atom. The van der Waals surface area contributed by atoms with E-state index in [0.29, 0.717) is 0 Å². The van der Waals surface area contributed by atoms with Crippen molar-refractivity contribution in [2.24, 2.45) is 5.10 Å². The van der Waals surface area contributed by atoms with Crippen LogP contribution in [-0.4, -0.2) is 22.4 Å². The number of hydrogen-bond donors (Lipinski definition) is 0. The van der Waals surface area contributed by atoms with Gasteiger partial charge in [-0.15, -0.1) is 0 Å². The zero-order valence-corrected chi connectivity index (χ0v) is 9.18. The van der Waals surface area contributed by atoms with Crippen molar-refractivity contribution in [2.45, 2.75) is 19.9 Å². The van der Waals surface area contributed by atoms with E-state index in [4.69, 9.17) is 0 Å². The lowest BCUT2D eigenvalue weighted by Gasteiger charge is -2.19. The normalized spacial score (nSPS) is 17.6. The van der Waals surface area contributed by atoms with Crippen LogP contribution < -0.4 is 0 Å². The first-order chi connectivity index (χ1) is 7.61. The molecule has 0 bridgehead atoms. The van der Waals surface area contributed by atoms with Gasteiger partial charge in [-0.1, -0.05) is 30.3 Å². The van der Waals surface area contributed by atoms with Gasteiger partial charge in [-0.2, -0.15) is 5.10 Å². The first kappa shape index (κ1) is 10.5. The number of hydrogen-bond acceptors (Lipinski definition) is 3. The highest BCUT2D eigenvalue weighted by molar-refractivity contribution is 6.66. The summed E-state index contributed by atoms with van der Waals surface area (Å²) in [7, 11) is 0. The van der Waals surface area contributed by atoms with Crippen molar-refractivity contribution < 1.29 is 9.59 Å². The van der Waals surface area contributed by atoms with Gasteiger partial charge in [-0.05, 0) is 19.4 Å². The van der Waals surface area contributed by atoms with Crippen LogP contribution in [0.3, 0.4) is 0 Å². The van der Waals surface area contributed by atoms with E-state index in [2.05, 4.69) is 5.10 Å². The summed E-state index contributed by atoms with van der Waals surface area (Å²) in [6.45, 7) is 3.40. The molecule has 2 rings (SSSR count). The van der Waals surface area contributed by atoms with Gasteiger partial charge < -0.3 is 0 Å². The SMILES string of the molecule is CC1=NN(C(C)c2ccccc2)C(=O)C1=O. The third-order valence-electron chi connectivity index (χ3n) is 2.64. The third kappa shape index (κ3) is 1.62. The van der Waals surface area contributed by atoms with E-state index < -0.39 is 11.7 Å². The Kier molecular flexibility index (Phi) is 2.56. The van der Waals surface area contributed by atoms with E-state index in [1.54, 1.807) is 6.92 Å². The summed E-state index contributed by atoms with van der Waals surface area (Å²) in [5.41, 5.74) is 1.22. The molecule has 1 aromatic carbocycles. The Hall–Kier alpha value is -1.97. The second-order valence-electron chi connectivity index (χ2n) is 3.75. The predicted molar refractivity (Wildman–Crippen MR) is 59.8 cm³/mol. The van der Waals surface area contributed by atoms with Crippen molar-refractivity contribution in [1.82, 2.24) is 5.01 Å². The lowest BCUT2D eigenvalue weighted by Crippen LogP contribution is -2.29. The van der Waals surface area contributed by atoms with Gasteiger partial charge in [-0.25, -0.2) is 5.01 Å². The maximum Gasteiger partial charge on any atom is 0.316 e. The highest BCUT2D eigenvalue weighted by Crippen LogP contribution is 2.23. The largest absolute Gasteiger partial charge is 0.316 e. The number of amides is 1. The van der Waals surface area contributed by atoms with Gasteiger partial charge in [0.05, 0.1) is 6.04 Å². The van der Waals surface area contributed by atoms with Crippen LogP contribution >= 0.6 is 0 Å². The first-order valence-corrected chi connectivity index (χ1v) is 5.09. The van der Waals surface area contributed by atoms with E-state index in [1.165, 1.54) is 5.01 Å². The molecule has 1 aromatic rings. The Morgan fingerprint density at radius 1 is 1.19 bits per heavy atom. The molecule has 0 fully saturated rings. The number of nitrogens with zero attached hydrogens (tertiary/aromatic N) is 2. The van der Waals surface area contributed by atoms with Crippen molar-refractivity contribution >= 4 is 17.4 Å². The second kappa shape index (κ2) is 3.89. The van der Waals surface area contributed by atoms with Crippen molar-refractivity contribution in [1.29, 1.82) is 0 Å². The fourth-order valence-corrected chi connectivity index (χ4v) is 1.65. The van der Waals surface area contributed by atoms with Gasteiger partial charge in [0.15, 0.2) is 0 Å². The summed E-state index contributed by atoms with van der Waals surface area (Å²) in [5, 5.41) is 5.22. The zero-order chi connectivity index (χ0) is 11.7. The van der Waals surface area contributed by atoms with Gasteiger partial charge in [0.25, 0.3) is 5.78 Å². The van der Waals surface area contributed by atoms with E-state index >= 15 is 0 Å². The fraction of sp³-hybridized carbons (Fsp3) is 0.250. The lowest BCUT2D eigenvalue weighted by molar-refractivity contribution is -0.141. The van der Waals surface area contributed by atoms with Crippen molar-refractivity contribution in [3.8, 4) is 0 Å². The van der Waals surface area contributed by atoms with E-state index in [0.717, 1.165) is 5.56 Å². The summed E-state index contributed by atoms with van der Waals surface area (Å²) >= 11 is 0. The average Bonchev–Trinajstić information content (AvgIpc) is 2.57. The Labute approximate surface area is 93.6 Å². The number of ketones is 1. The number of Topliss-reactive ketones (excluding diaryl/α,β-unsaturated/α-hetero) is 1. The molecule has 1 unspecified atom stereocenters. The molecule has 1 amide bonds. The molecule has 0 N–H and O–H groups in total. The van der Waals surface area contributed by atoms with Crippen molar-refractivity contribution in [2.75, 3.05) is 0 Å². The molecule has 0 aromatic heterocycles. The molecule has 82 valence electrons. The molecule has 0 saturated heterocycles. The molecular formula is C12H12N2O2. The molecule has 0 radical (unpaired) electrons. The minimum atomic E-state index is -0.547. The highest BCUT2D eigenvalue weighted by Gasteiger charge is 2.34. The third-order valence-corrected chi connectivity index (χ3v) is 2.64. The van der Waals surface area contributed by atoms with Crippen LogP contribution in [0.1, 0.15) is 25.5 Å². The summed E-state index contributed by atoms with van der Waals surface area (Å²) in [4.78, 5) is 22.9. The monoisotopic (exact) mass is 216 g/mol. The number of carbonyl (C=O) groups is 2. The summed E-state index contributed by atoms with van der Waals surface area (Å²) < 4.78 is 0. The van der Waals surface area contributed by atoms with Gasteiger partial charge in [-0.3, -0.25) is 9.59 Å². The zero-order valence-electron chi connectivity index (χ0n) is 9.18. The first-order valence-electron chi connectivity index (χ1n) is 5.09. The van der Waals surface area contributed by atoms with Crippen LogP contribution in [0.4, 0.5) is 0 Å². The van der Waals surface area contributed by atoms with Gasteiger partial charge in [0, 0.05) is 0 Å². The minimum absolute atomic E-state index is 0.213. The van der Waals surface area contributed by atoms with Gasteiger partial charge in [0.2, 0.25) is 0 Å². The number of benzene rings is 1. The molecule has 4 heteroatoms. The number of carbonyl (C=O) groups excluding carboxylic acids is 2. The number of hydrazone groups is 1. The van der Waals surface area contributed by atoms with Crippen LogP contribution in [0.15, 0.2) is 35.4 Å². The molecule has 1 aliphatic heterocycles. The van der Waals surface area contributed by atoms with E-state index in [9.17, 15) is 9.59 Å². The molecule has 1 atom stereocenters. The van der Waals surface area contributed by atoms with Crippen molar-refractivity contribution in [3.05, 3.63) is 35.9 Å². The average molecular weight is 216 g/mol. The Balaban J connectivity index is 2.28. The van der Waals surface area contributed by atoms with Gasteiger partial charge in [0.1, 0.15) is 5.71 Å². The highest BCUT2D eigenvalue weighted by atomic mass is 16.2. The van der Waals surface area contributed by atoms with E-state index in [1.807, 2.05) is 37.3 Å². The molecule has 1 heterocycles. The van der Waals surface area contributed by atoms with Crippen LogP contribution in [0.2, 0.25) is 0 Å². The summed E-state index contributed by atoms with van der Waals surface area (Å²) in [5.74, 6) is -1.06. The molecule has 16 heavy (non-hydrogen) atoms. The lowest BCUT2D eigenvalue weighted by atomic mass is 10.1. The van der Waals surface area contributed by atoms with Crippen LogP contribution in [0.5, 0.6) is 0 Å². The standard InChI is InChI=1S/C12H12N2O2/c1-8-11(15)12(16)14(13-8)9(2)10-6-4-3-5-7-10/h3-7,9H,1-2H3. The smallest absolute Gasteiger partial charge is 0.282 e. The van der Waals surface area contributed by atoms with Gasteiger partial charge >= 0.3 is 5.91 Å². The topological polar surface area (TPSA) is 49.7 Å². The molecule has 1 aliphatic rings. The quantitative estimate of drug-likeness (QED) is 0.704. The summed E-state index contributed by atoms with van der Waals surface area (Å²) in [6.07, 6.45) is 0. The maximum absolute atomic E-state index is 11.6. The van der Waals surface area contributed by atoms with Crippen LogP contribution in [0, 0.1) is 0 Å². The summed E-state index contributed by atoms with van der Waals surface area (Å²) in [6, 6.07) is 9.30. The maximum atomic E-state index is 11.6. The predicted octanol–water partition coefficient (Wildman–Crippen LogP) is 1.53. The van der Waals surface area contributed by atoms with E-state index in [-0.39, 0.29) is 11.8 Å². The number of rotatable bonds is 2. The molecule has 4 nitrogen and oxygen atoms in total. The molecule has 0 spiro atoms. The second-order valence-corrected chi connectivity index (χ2v) is 3.75. The molecule has 0 saturated carbocycles. The van der Waals surface area contributed by atoms with Crippen molar-refractivity contribution in [3.63, 3.8) is 0 Å². The Bertz CT molecular complexity index is 465. The van der Waals surface area contributed by atoms with Crippen LogP contribution in [0.25, 0.3) is 0 Å². The molecule has 0 aliphatic carbocycles. The Morgan fingerprint density at radius 3 is 2.31 bits per heavy atom.